The van der Waals surface area contributed by atoms with E-state index >= 15 is 0 Å². The zero-order chi connectivity index (χ0) is 26.2. The van der Waals surface area contributed by atoms with Gasteiger partial charge in [0.15, 0.2) is 0 Å². The van der Waals surface area contributed by atoms with E-state index in [1.54, 1.807) is 0 Å². The Hall–Kier alpha value is -5.14. The fraction of sp³-hybridized carbons (Fsp3) is 0. The van der Waals surface area contributed by atoms with Crippen LogP contribution in [0.1, 0.15) is 0 Å². The molecule has 2 N–H and O–H groups in total. The standard InChI is InChI=1S/C38H27N/c39-34-19-21-36(31-16-14-26-8-4-6-12-29(26)22-31)38(25-34)33-18-20-35(28-10-2-1-3-11-28)37(24-33)32-17-15-27-9-5-7-13-30(27)23-32/h1-25H,39H2. The van der Waals surface area contributed by atoms with Crippen LogP contribution in [-0.4, -0.2) is 0 Å². The molecule has 0 heterocycles. The van der Waals surface area contributed by atoms with E-state index in [0.717, 1.165) is 16.8 Å². The van der Waals surface area contributed by atoms with Crippen molar-refractivity contribution in [1.29, 1.82) is 0 Å². The van der Waals surface area contributed by atoms with Gasteiger partial charge < -0.3 is 5.73 Å². The SMILES string of the molecule is Nc1ccc(-c2ccc3ccccc3c2)c(-c2ccc(-c3ccccc3)c(-c3ccc4ccccc4c3)c2)c1. The van der Waals surface area contributed by atoms with Gasteiger partial charge in [0.05, 0.1) is 0 Å². The number of anilines is 1. The molecule has 0 aliphatic rings. The molecule has 0 unspecified atom stereocenters. The van der Waals surface area contributed by atoms with E-state index in [1.807, 2.05) is 6.07 Å². The molecule has 0 aromatic heterocycles. The van der Waals surface area contributed by atoms with Crippen LogP contribution >= 0.6 is 0 Å². The molecule has 7 aromatic rings. The van der Waals surface area contributed by atoms with Gasteiger partial charge >= 0.3 is 0 Å². The highest BCUT2D eigenvalue weighted by Gasteiger charge is 2.14. The van der Waals surface area contributed by atoms with Crippen molar-refractivity contribution in [3.8, 4) is 44.5 Å². The highest BCUT2D eigenvalue weighted by Crippen LogP contribution is 2.40. The highest BCUT2D eigenvalue weighted by molar-refractivity contribution is 5.96. The summed E-state index contributed by atoms with van der Waals surface area (Å²) in [4.78, 5) is 0. The first-order valence-corrected chi connectivity index (χ1v) is 13.3. The minimum Gasteiger partial charge on any atom is -0.399 e. The average molecular weight is 498 g/mol. The lowest BCUT2D eigenvalue weighted by molar-refractivity contribution is 1.56. The first-order chi connectivity index (χ1) is 19.2. The van der Waals surface area contributed by atoms with Gasteiger partial charge in [0.25, 0.3) is 0 Å². The van der Waals surface area contributed by atoms with E-state index in [0.29, 0.717) is 0 Å². The zero-order valence-electron chi connectivity index (χ0n) is 21.5. The van der Waals surface area contributed by atoms with Crippen LogP contribution in [0.3, 0.4) is 0 Å². The maximum absolute atomic E-state index is 6.37. The highest BCUT2D eigenvalue weighted by atomic mass is 14.5. The van der Waals surface area contributed by atoms with Crippen LogP contribution in [-0.2, 0) is 0 Å². The van der Waals surface area contributed by atoms with Crippen molar-refractivity contribution in [1.82, 2.24) is 0 Å². The van der Waals surface area contributed by atoms with Gasteiger partial charge in [-0.05, 0) is 96.4 Å². The van der Waals surface area contributed by atoms with Crippen LogP contribution in [0.15, 0.2) is 152 Å². The third-order valence-electron chi connectivity index (χ3n) is 7.58. The Kier molecular flexibility index (Phi) is 5.68. The fourth-order valence-corrected chi connectivity index (χ4v) is 5.59. The summed E-state index contributed by atoms with van der Waals surface area (Å²) in [5, 5.41) is 4.95. The van der Waals surface area contributed by atoms with Crippen LogP contribution in [0.5, 0.6) is 0 Å². The summed E-state index contributed by atoms with van der Waals surface area (Å²) < 4.78 is 0. The monoisotopic (exact) mass is 497 g/mol. The van der Waals surface area contributed by atoms with Crippen LogP contribution in [0.2, 0.25) is 0 Å². The third kappa shape index (κ3) is 4.35. The number of hydrogen-bond acceptors (Lipinski definition) is 1. The zero-order valence-corrected chi connectivity index (χ0v) is 21.5. The Balaban J connectivity index is 1.44. The maximum Gasteiger partial charge on any atom is 0.0320 e. The lowest BCUT2D eigenvalue weighted by atomic mass is 9.87. The number of nitrogens with two attached hydrogens (primary N) is 1. The molecule has 0 saturated carbocycles. The van der Waals surface area contributed by atoms with Gasteiger partial charge in [-0.1, -0.05) is 121 Å². The third-order valence-corrected chi connectivity index (χ3v) is 7.58. The first-order valence-electron chi connectivity index (χ1n) is 13.3. The van der Waals surface area contributed by atoms with Crippen molar-refractivity contribution < 1.29 is 0 Å². The molecule has 0 amide bonds. The molecule has 0 aliphatic carbocycles. The molecular weight excluding hydrogens is 470 g/mol. The second-order valence-electron chi connectivity index (χ2n) is 10.1. The van der Waals surface area contributed by atoms with E-state index in [4.69, 9.17) is 5.73 Å². The molecule has 7 aromatic carbocycles. The molecule has 1 heteroatoms. The summed E-state index contributed by atoms with van der Waals surface area (Å²) in [7, 11) is 0. The Labute approximate surface area is 228 Å². The molecule has 0 radical (unpaired) electrons. The second kappa shape index (κ2) is 9.63. The molecule has 0 spiro atoms. The van der Waals surface area contributed by atoms with Crippen molar-refractivity contribution in [2.45, 2.75) is 0 Å². The molecule has 39 heavy (non-hydrogen) atoms. The minimum atomic E-state index is 0.758. The summed E-state index contributed by atoms with van der Waals surface area (Å²) in [5.41, 5.74) is 16.6. The van der Waals surface area contributed by atoms with E-state index in [2.05, 4.69) is 146 Å². The summed E-state index contributed by atoms with van der Waals surface area (Å²) >= 11 is 0. The molecule has 0 bridgehead atoms. The summed E-state index contributed by atoms with van der Waals surface area (Å²) in [5.74, 6) is 0. The smallest absolute Gasteiger partial charge is 0.0320 e. The van der Waals surface area contributed by atoms with Gasteiger partial charge in [-0.25, -0.2) is 0 Å². The second-order valence-corrected chi connectivity index (χ2v) is 10.1. The topological polar surface area (TPSA) is 26.0 Å². The van der Waals surface area contributed by atoms with Crippen LogP contribution in [0.25, 0.3) is 66.1 Å². The van der Waals surface area contributed by atoms with Crippen molar-refractivity contribution in [3.05, 3.63) is 152 Å². The summed E-state index contributed by atoms with van der Waals surface area (Å²) in [6.45, 7) is 0. The number of benzene rings is 7. The van der Waals surface area contributed by atoms with Crippen molar-refractivity contribution in [2.75, 3.05) is 5.73 Å². The van der Waals surface area contributed by atoms with E-state index < -0.39 is 0 Å². The normalized spacial score (nSPS) is 11.2. The Morgan fingerprint density at radius 1 is 0.282 bits per heavy atom. The fourth-order valence-electron chi connectivity index (χ4n) is 5.59. The summed E-state index contributed by atoms with van der Waals surface area (Å²) in [6, 6.07) is 54.1. The Morgan fingerprint density at radius 3 is 1.41 bits per heavy atom. The predicted molar refractivity (Wildman–Crippen MR) is 168 cm³/mol. The molecular formula is C38H27N. The van der Waals surface area contributed by atoms with Gasteiger partial charge in [-0.2, -0.15) is 0 Å². The molecule has 0 atom stereocenters. The quantitative estimate of drug-likeness (QED) is 0.241. The van der Waals surface area contributed by atoms with Gasteiger partial charge in [0.2, 0.25) is 0 Å². The largest absolute Gasteiger partial charge is 0.399 e. The molecule has 0 fully saturated rings. The van der Waals surface area contributed by atoms with Crippen LogP contribution in [0, 0.1) is 0 Å². The van der Waals surface area contributed by atoms with Crippen LogP contribution < -0.4 is 5.73 Å². The van der Waals surface area contributed by atoms with E-state index in [9.17, 15) is 0 Å². The molecule has 1 nitrogen and oxygen atoms in total. The van der Waals surface area contributed by atoms with E-state index in [1.165, 1.54) is 54.9 Å². The summed E-state index contributed by atoms with van der Waals surface area (Å²) in [6.07, 6.45) is 0. The van der Waals surface area contributed by atoms with Crippen molar-refractivity contribution in [3.63, 3.8) is 0 Å². The average Bonchev–Trinajstić information content (AvgIpc) is 3.00. The minimum absolute atomic E-state index is 0.758. The number of rotatable bonds is 4. The van der Waals surface area contributed by atoms with E-state index in [-0.39, 0.29) is 0 Å². The molecule has 0 saturated heterocycles. The molecule has 0 aliphatic heterocycles. The lowest BCUT2D eigenvalue weighted by Gasteiger charge is -2.17. The number of nitrogen functional groups attached to an aromatic ring is 1. The maximum atomic E-state index is 6.37. The Bertz CT molecular complexity index is 1970. The number of hydrogen-bond donors (Lipinski definition) is 1. The van der Waals surface area contributed by atoms with Crippen molar-refractivity contribution in [2.24, 2.45) is 0 Å². The molecule has 184 valence electrons. The lowest BCUT2D eigenvalue weighted by Crippen LogP contribution is -1.92. The predicted octanol–water partition coefficient (Wildman–Crippen LogP) is 10.2. The van der Waals surface area contributed by atoms with Gasteiger partial charge in [-0.15, -0.1) is 0 Å². The van der Waals surface area contributed by atoms with Crippen molar-refractivity contribution >= 4 is 27.2 Å². The van der Waals surface area contributed by atoms with Crippen LogP contribution in [0.4, 0.5) is 5.69 Å². The Morgan fingerprint density at radius 2 is 0.744 bits per heavy atom. The van der Waals surface area contributed by atoms with Gasteiger partial charge in [0, 0.05) is 5.69 Å². The molecule has 7 rings (SSSR count). The first kappa shape index (κ1) is 23.0. The number of fused-ring (bicyclic) bond motifs is 2. The van der Waals surface area contributed by atoms with Gasteiger partial charge in [-0.3, -0.25) is 0 Å². The van der Waals surface area contributed by atoms with Gasteiger partial charge in [0.1, 0.15) is 0 Å².